The Morgan fingerprint density at radius 1 is 1.80 bits per heavy atom. The predicted octanol–water partition coefficient (Wildman–Crippen LogP) is 1.12. The minimum absolute atomic E-state index is 0.536. The van der Waals surface area contributed by atoms with Crippen LogP contribution in [0.5, 0.6) is 0 Å². The monoisotopic (exact) mass is 203 g/mol. The summed E-state index contributed by atoms with van der Waals surface area (Å²) in [5.41, 5.74) is 6.54. The van der Waals surface area contributed by atoms with Crippen molar-refractivity contribution in [2.75, 3.05) is 0 Å². The molecule has 0 saturated heterocycles. The van der Waals surface area contributed by atoms with Crippen LogP contribution < -0.4 is 5.73 Å². The van der Waals surface area contributed by atoms with Crippen molar-refractivity contribution in [2.24, 2.45) is 5.73 Å². The fourth-order valence-electron chi connectivity index (χ4n) is 0.863. The molecule has 2 N–H and O–H groups in total. The highest BCUT2D eigenvalue weighted by Crippen LogP contribution is 2.14. The van der Waals surface area contributed by atoms with Crippen molar-refractivity contribution in [2.45, 2.75) is 20.0 Å². The Labute approximate surface area is 68.3 Å². The minimum Gasteiger partial charge on any atom is -0.325 e. The summed E-state index contributed by atoms with van der Waals surface area (Å²) >= 11 is 3.35. The van der Waals surface area contributed by atoms with Crippen molar-refractivity contribution in [1.29, 1.82) is 0 Å². The maximum atomic E-state index is 5.48. The first-order chi connectivity index (χ1) is 4.79. The SMILES string of the molecule is CCn1ncc(Br)c1CN. The first-order valence-electron chi connectivity index (χ1n) is 3.19. The molecule has 0 aliphatic heterocycles. The Morgan fingerprint density at radius 3 is 2.90 bits per heavy atom. The summed E-state index contributed by atoms with van der Waals surface area (Å²) in [5, 5.41) is 4.09. The first kappa shape index (κ1) is 7.75. The van der Waals surface area contributed by atoms with E-state index in [2.05, 4.69) is 21.0 Å². The lowest BCUT2D eigenvalue weighted by Crippen LogP contribution is -2.07. The molecule has 0 spiro atoms. The fraction of sp³-hybridized carbons (Fsp3) is 0.500. The van der Waals surface area contributed by atoms with E-state index in [1.807, 2.05) is 11.6 Å². The molecule has 0 radical (unpaired) electrons. The van der Waals surface area contributed by atoms with Gasteiger partial charge >= 0.3 is 0 Å². The molecule has 0 atom stereocenters. The van der Waals surface area contributed by atoms with E-state index in [9.17, 15) is 0 Å². The summed E-state index contributed by atoms with van der Waals surface area (Å²) in [6, 6.07) is 0. The van der Waals surface area contributed by atoms with Crippen LogP contribution in [-0.4, -0.2) is 9.78 Å². The van der Waals surface area contributed by atoms with Crippen LogP contribution >= 0.6 is 15.9 Å². The van der Waals surface area contributed by atoms with Gasteiger partial charge in [0.25, 0.3) is 0 Å². The second-order valence-electron chi connectivity index (χ2n) is 1.96. The van der Waals surface area contributed by atoms with Gasteiger partial charge in [0.2, 0.25) is 0 Å². The molecule has 0 aliphatic rings. The van der Waals surface area contributed by atoms with Gasteiger partial charge in [-0.2, -0.15) is 5.10 Å². The standard InChI is InChI=1S/C6H10BrN3/c1-2-10-6(3-8)5(7)4-9-10/h4H,2-3,8H2,1H3. The average molecular weight is 204 g/mol. The fourth-order valence-corrected chi connectivity index (χ4v) is 1.32. The molecule has 4 heteroatoms. The van der Waals surface area contributed by atoms with Gasteiger partial charge in [-0.3, -0.25) is 4.68 Å². The van der Waals surface area contributed by atoms with Crippen LogP contribution in [0.15, 0.2) is 10.7 Å². The van der Waals surface area contributed by atoms with E-state index in [4.69, 9.17) is 5.73 Å². The van der Waals surface area contributed by atoms with Crippen LogP contribution in [0, 0.1) is 0 Å². The number of aryl methyl sites for hydroxylation is 1. The van der Waals surface area contributed by atoms with E-state index in [1.165, 1.54) is 0 Å². The third-order valence-corrected chi connectivity index (χ3v) is 2.05. The van der Waals surface area contributed by atoms with Gasteiger partial charge in [0, 0.05) is 13.1 Å². The summed E-state index contributed by atoms with van der Waals surface area (Å²) < 4.78 is 2.88. The maximum absolute atomic E-state index is 5.48. The van der Waals surface area contributed by atoms with Crippen molar-refractivity contribution < 1.29 is 0 Å². The predicted molar refractivity (Wildman–Crippen MR) is 43.5 cm³/mol. The molecular formula is C6H10BrN3. The highest BCUT2D eigenvalue weighted by molar-refractivity contribution is 9.10. The van der Waals surface area contributed by atoms with Gasteiger partial charge < -0.3 is 5.73 Å². The molecule has 1 aromatic rings. The number of nitrogens with two attached hydrogens (primary N) is 1. The molecule has 0 fully saturated rings. The van der Waals surface area contributed by atoms with Gasteiger partial charge in [-0.05, 0) is 22.9 Å². The van der Waals surface area contributed by atoms with Crippen LogP contribution in [0.4, 0.5) is 0 Å². The lowest BCUT2D eigenvalue weighted by molar-refractivity contribution is 0.622. The second kappa shape index (κ2) is 3.16. The van der Waals surface area contributed by atoms with E-state index in [0.717, 1.165) is 16.7 Å². The molecule has 0 unspecified atom stereocenters. The number of hydrogen-bond donors (Lipinski definition) is 1. The summed E-state index contributed by atoms with van der Waals surface area (Å²) in [4.78, 5) is 0. The Balaban J connectivity index is 3.01. The van der Waals surface area contributed by atoms with Crippen molar-refractivity contribution in [1.82, 2.24) is 9.78 Å². The second-order valence-corrected chi connectivity index (χ2v) is 2.81. The normalized spacial score (nSPS) is 10.3. The number of rotatable bonds is 2. The molecular weight excluding hydrogens is 194 g/mol. The van der Waals surface area contributed by atoms with Crippen molar-refractivity contribution in [3.63, 3.8) is 0 Å². The zero-order valence-electron chi connectivity index (χ0n) is 5.84. The van der Waals surface area contributed by atoms with E-state index >= 15 is 0 Å². The third kappa shape index (κ3) is 1.22. The Kier molecular flexibility index (Phi) is 2.45. The smallest absolute Gasteiger partial charge is 0.0661 e. The summed E-state index contributed by atoms with van der Waals surface area (Å²) in [5.74, 6) is 0. The molecule has 3 nitrogen and oxygen atoms in total. The molecule has 1 heterocycles. The highest BCUT2D eigenvalue weighted by atomic mass is 79.9. The third-order valence-electron chi connectivity index (χ3n) is 1.39. The number of hydrogen-bond acceptors (Lipinski definition) is 2. The molecule has 56 valence electrons. The lowest BCUT2D eigenvalue weighted by Gasteiger charge is -2.00. The molecule has 1 rings (SSSR count). The van der Waals surface area contributed by atoms with E-state index in [1.54, 1.807) is 6.20 Å². The molecule has 0 aromatic carbocycles. The van der Waals surface area contributed by atoms with Gasteiger partial charge in [-0.15, -0.1) is 0 Å². The molecule has 0 bridgehead atoms. The van der Waals surface area contributed by atoms with Crippen LogP contribution in [0.25, 0.3) is 0 Å². The number of nitrogens with zero attached hydrogens (tertiary/aromatic N) is 2. The largest absolute Gasteiger partial charge is 0.325 e. The maximum Gasteiger partial charge on any atom is 0.0661 e. The van der Waals surface area contributed by atoms with Crippen LogP contribution in [-0.2, 0) is 13.1 Å². The molecule has 0 aliphatic carbocycles. The average Bonchev–Trinajstić information content (AvgIpc) is 2.30. The van der Waals surface area contributed by atoms with Crippen LogP contribution in [0.3, 0.4) is 0 Å². The van der Waals surface area contributed by atoms with E-state index in [-0.39, 0.29) is 0 Å². The minimum atomic E-state index is 0.536. The summed E-state index contributed by atoms with van der Waals surface area (Å²) in [6.45, 7) is 3.45. The lowest BCUT2D eigenvalue weighted by atomic mass is 10.4. The summed E-state index contributed by atoms with van der Waals surface area (Å²) in [7, 11) is 0. The van der Waals surface area contributed by atoms with Gasteiger partial charge in [0.1, 0.15) is 0 Å². The van der Waals surface area contributed by atoms with E-state index in [0.29, 0.717) is 6.54 Å². The zero-order chi connectivity index (χ0) is 7.56. The zero-order valence-corrected chi connectivity index (χ0v) is 7.43. The quantitative estimate of drug-likeness (QED) is 0.784. The molecule has 0 saturated carbocycles. The topological polar surface area (TPSA) is 43.8 Å². The Morgan fingerprint density at radius 2 is 2.50 bits per heavy atom. The van der Waals surface area contributed by atoms with Crippen molar-refractivity contribution in [3.8, 4) is 0 Å². The van der Waals surface area contributed by atoms with Crippen molar-refractivity contribution >= 4 is 15.9 Å². The van der Waals surface area contributed by atoms with Gasteiger partial charge in [-0.25, -0.2) is 0 Å². The van der Waals surface area contributed by atoms with Crippen LogP contribution in [0.1, 0.15) is 12.6 Å². The van der Waals surface area contributed by atoms with Gasteiger partial charge in [0.15, 0.2) is 0 Å². The number of aromatic nitrogens is 2. The van der Waals surface area contributed by atoms with Crippen molar-refractivity contribution in [3.05, 3.63) is 16.4 Å². The van der Waals surface area contributed by atoms with Crippen LogP contribution in [0.2, 0.25) is 0 Å². The first-order valence-corrected chi connectivity index (χ1v) is 3.99. The molecule has 0 amide bonds. The summed E-state index contributed by atoms with van der Waals surface area (Å²) in [6.07, 6.45) is 1.77. The Hall–Kier alpha value is -0.350. The van der Waals surface area contributed by atoms with Gasteiger partial charge in [0.05, 0.1) is 16.4 Å². The Bertz CT molecular complexity index is 219. The molecule has 10 heavy (non-hydrogen) atoms. The highest BCUT2D eigenvalue weighted by Gasteiger charge is 2.03. The van der Waals surface area contributed by atoms with E-state index < -0.39 is 0 Å². The molecule has 1 aromatic heterocycles. The number of halogens is 1. The van der Waals surface area contributed by atoms with Gasteiger partial charge in [-0.1, -0.05) is 0 Å².